The van der Waals surface area contributed by atoms with Crippen LogP contribution >= 0.6 is 0 Å². The Labute approximate surface area is 122 Å². The summed E-state index contributed by atoms with van der Waals surface area (Å²) >= 11 is 0. The van der Waals surface area contributed by atoms with Crippen LogP contribution in [-0.4, -0.2) is 66.4 Å². The highest BCUT2D eigenvalue weighted by molar-refractivity contribution is 5.98. The van der Waals surface area contributed by atoms with Gasteiger partial charge in [0.15, 0.2) is 5.69 Å². The minimum absolute atomic E-state index is 0.175. The number of aromatic nitrogens is 1. The average Bonchev–Trinajstić information content (AvgIpc) is 2.48. The third kappa shape index (κ3) is 4.69. The summed E-state index contributed by atoms with van der Waals surface area (Å²) in [4.78, 5) is 28.6. The Bertz CT molecular complexity index is 503. The Balaban J connectivity index is 1.78. The number of nitrogens with zero attached hydrogens (tertiary/aromatic N) is 2. The predicted octanol–water partition coefficient (Wildman–Crippen LogP) is 0.233. The highest BCUT2D eigenvalue weighted by Crippen LogP contribution is 2.11. The molecule has 1 aliphatic heterocycles. The van der Waals surface area contributed by atoms with Gasteiger partial charge in [-0.2, -0.15) is 0 Å². The fourth-order valence-electron chi connectivity index (χ4n) is 2.00. The number of ether oxygens (including phenoxy) is 1. The second kappa shape index (κ2) is 7.55. The molecule has 1 aromatic heterocycles. The van der Waals surface area contributed by atoms with E-state index in [9.17, 15) is 9.59 Å². The van der Waals surface area contributed by atoms with E-state index in [0.29, 0.717) is 19.8 Å². The molecular weight excluding hydrogens is 276 g/mol. The van der Waals surface area contributed by atoms with Crippen LogP contribution in [0.15, 0.2) is 18.3 Å². The first-order valence-electron chi connectivity index (χ1n) is 6.70. The van der Waals surface area contributed by atoms with Crippen LogP contribution in [0.25, 0.3) is 0 Å². The normalized spacial score (nSPS) is 15.4. The molecule has 114 valence electrons. The Kier molecular flexibility index (Phi) is 5.47. The molecular formula is C13H18N4O4. The monoisotopic (exact) mass is 294 g/mol. The number of anilines is 1. The fraction of sp³-hybridized carbons (Fsp3) is 0.462. The Morgan fingerprint density at radius 1 is 1.38 bits per heavy atom. The molecule has 1 saturated heterocycles. The number of nitrogens with one attached hydrogen (secondary N) is 2. The maximum Gasteiger partial charge on any atom is 0.356 e. The third-order valence-corrected chi connectivity index (χ3v) is 3.08. The second-order valence-electron chi connectivity index (χ2n) is 4.54. The van der Waals surface area contributed by atoms with E-state index in [-0.39, 0.29) is 11.4 Å². The molecule has 0 atom stereocenters. The predicted molar refractivity (Wildman–Crippen MR) is 75.5 cm³/mol. The SMILES string of the molecule is O=C(NCCN1CCOCC1)Nc1cccnc1C(=O)O. The van der Waals surface area contributed by atoms with Crippen LogP contribution in [0.3, 0.4) is 0 Å². The number of rotatable bonds is 5. The van der Waals surface area contributed by atoms with Crippen LogP contribution in [-0.2, 0) is 4.74 Å². The zero-order chi connectivity index (χ0) is 15.1. The van der Waals surface area contributed by atoms with Gasteiger partial charge in [-0.05, 0) is 12.1 Å². The van der Waals surface area contributed by atoms with Gasteiger partial charge in [-0.3, -0.25) is 4.90 Å². The van der Waals surface area contributed by atoms with Gasteiger partial charge in [0, 0.05) is 32.4 Å². The first kappa shape index (κ1) is 15.2. The van der Waals surface area contributed by atoms with Crippen molar-refractivity contribution in [2.24, 2.45) is 0 Å². The summed E-state index contributed by atoms with van der Waals surface area (Å²) in [5.41, 5.74) is -0.00491. The van der Waals surface area contributed by atoms with Gasteiger partial charge in [0.25, 0.3) is 0 Å². The standard InChI is InChI=1S/C13H18N4O4/c18-12(19)11-10(2-1-3-14-11)16-13(20)15-4-5-17-6-8-21-9-7-17/h1-3H,4-9H2,(H,18,19)(H2,15,16,20). The largest absolute Gasteiger partial charge is 0.476 e. The van der Waals surface area contributed by atoms with Gasteiger partial charge in [0.2, 0.25) is 0 Å². The highest BCUT2D eigenvalue weighted by atomic mass is 16.5. The molecule has 21 heavy (non-hydrogen) atoms. The van der Waals surface area contributed by atoms with Gasteiger partial charge < -0.3 is 20.5 Å². The molecule has 3 N–H and O–H groups in total. The number of urea groups is 1. The molecule has 0 radical (unpaired) electrons. The smallest absolute Gasteiger partial charge is 0.356 e. The second-order valence-corrected chi connectivity index (χ2v) is 4.54. The lowest BCUT2D eigenvalue weighted by molar-refractivity contribution is 0.0388. The van der Waals surface area contributed by atoms with E-state index in [4.69, 9.17) is 9.84 Å². The molecule has 1 aliphatic rings. The summed E-state index contributed by atoms with van der Waals surface area (Å²) in [5.74, 6) is -1.18. The number of carboxylic acid groups (broad SMARTS) is 1. The molecule has 8 heteroatoms. The van der Waals surface area contributed by atoms with Crippen molar-refractivity contribution in [1.29, 1.82) is 0 Å². The maximum atomic E-state index is 11.7. The van der Waals surface area contributed by atoms with E-state index in [2.05, 4.69) is 20.5 Å². The van der Waals surface area contributed by atoms with Gasteiger partial charge in [0.1, 0.15) is 0 Å². The molecule has 0 aromatic carbocycles. The van der Waals surface area contributed by atoms with Crippen LogP contribution in [0.4, 0.5) is 10.5 Å². The summed E-state index contributed by atoms with van der Waals surface area (Å²) in [5, 5.41) is 14.2. The van der Waals surface area contributed by atoms with Crippen LogP contribution in [0, 0.1) is 0 Å². The molecule has 2 heterocycles. The molecule has 0 unspecified atom stereocenters. The van der Waals surface area contributed by atoms with Crippen molar-refractivity contribution in [3.05, 3.63) is 24.0 Å². The van der Waals surface area contributed by atoms with E-state index in [1.807, 2.05) is 0 Å². The van der Waals surface area contributed by atoms with Crippen molar-refractivity contribution in [3.8, 4) is 0 Å². The van der Waals surface area contributed by atoms with Crippen LogP contribution < -0.4 is 10.6 Å². The molecule has 0 aliphatic carbocycles. The first-order chi connectivity index (χ1) is 10.2. The lowest BCUT2D eigenvalue weighted by Crippen LogP contribution is -2.42. The van der Waals surface area contributed by atoms with Gasteiger partial charge in [-0.1, -0.05) is 0 Å². The summed E-state index contributed by atoms with van der Waals surface area (Å²) in [7, 11) is 0. The zero-order valence-corrected chi connectivity index (χ0v) is 11.5. The number of aromatic carboxylic acids is 1. The summed E-state index contributed by atoms with van der Waals surface area (Å²) < 4.78 is 5.24. The quantitative estimate of drug-likeness (QED) is 0.718. The van der Waals surface area contributed by atoms with Crippen molar-refractivity contribution >= 4 is 17.7 Å². The Morgan fingerprint density at radius 2 is 2.14 bits per heavy atom. The molecule has 2 amide bonds. The van der Waals surface area contributed by atoms with E-state index < -0.39 is 12.0 Å². The minimum Gasteiger partial charge on any atom is -0.476 e. The number of carboxylic acids is 1. The number of carbonyl (C=O) groups is 2. The van der Waals surface area contributed by atoms with E-state index >= 15 is 0 Å². The summed E-state index contributed by atoms with van der Waals surface area (Å²) in [6, 6.07) is 2.62. The number of amides is 2. The van der Waals surface area contributed by atoms with Crippen molar-refractivity contribution in [2.45, 2.75) is 0 Å². The number of hydrogen-bond acceptors (Lipinski definition) is 5. The number of hydrogen-bond donors (Lipinski definition) is 3. The van der Waals surface area contributed by atoms with Crippen molar-refractivity contribution < 1.29 is 19.4 Å². The minimum atomic E-state index is -1.18. The molecule has 1 aromatic rings. The van der Waals surface area contributed by atoms with Crippen molar-refractivity contribution in [2.75, 3.05) is 44.7 Å². The third-order valence-electron chi connectivity index (χ3n) is 3.08. The van der Waals surface area contributed by atoms with Gasteiger partial charge >= 0.3 is 12.0 Å². The molecule has 0 spiro atoms. The maximum absolute atomic E-state index is 11.7. The summed E-state index contributed by atoms with van der Waals surface area (Å²) in [6.07, 6.45) is 1.37. The summed E-state index contributed by atoms with van der Waals surface area (Å²) in [6.45, 7) is 4.35. The molecule has 0 bridgehead atoms. The van der Waals surface area contributed by atoms with E-state index in [1.54, 1.807) is 6.07 Å². The Hall–Kier alpha value is -2.19. The van der Waals surface area contributed by atoms with Crippen LogP contribution in [0.1, 0.15) is 10.5 Å². The van der Waals surface area contributed by atoms with E-state index in [0.717, 1.165) is 19.6 Å². The van der Waals surface area contributed by atoms with Gasteiger partial charge in [-0.25, -0.2) is 14.6 Å². The van der Waals surface area contributed by atoms with Crippen molar-refractivity contribution in [1.82, 2.24) is 15.2 Å². The lowest BCUT2D eigenvalue weighted by Gasteiger charge is -2.26. The molecule has 8 nitrogen and oxygen atoms in total. The zero-order valence-electron chi connectivity index (χ0n) is 11.5. The number of morpholine rings is 1. The first-order valence-corrected chi connectivity index (χ1v) is 6.70. The van der Waals surface area contributed by atoms with Crippen molar-refractivity contribution in [3.63, 3.8) is 0 Å². The Morgan fingerprint density at radius 3 is 2.86 bits per heavy atom. The topological polar surface area (TPSA) is 104 Å². The molecule has 0 saturated carbocycles. The van der Waals surface area contributed by atoms with Crippen LogP contribution in [0.2, 0.25) is 0 Å². The van der Waals surface area contributed by atoms with Gasteiger partial charge in [0.05, 0.1) is 18.9 Å². The van der Waals surface area contributed by atoms with Gasteiger partial charge in [-0.15, -0.1) is 0 Å². The lowest BCUT2D eigenvalue weighted by atomic mass is 10.3. The molecule has 2 rings (SSSR count). The average molecular weight is 294 g/mol. The number of carbonyl (C=O) groups excluding carboxylic acids is 1. The number of pyridine rings is 1. The highest BCUT2D eigenvalue weighted by Gasteiger charge is 2.14. The van der Waals surface area contributed by atoms with E-state index in [1.165, 1.54) is 12.3 Å². The molecule has 1 fully saturated rings. The fourth-order valence-corrected chi connectivity index (χ4v) is 2.00. The van der Waals surface area contributed by atoms with Crippen LogP contribution in [0.5, 0.6) is 0 Å².